The van der Waals surface area contributed by atoms with Crippen LogP contribution in [-0.2, 0) is 33.8 Å². The van der Waals surface area contributed by atoms with Crippen molar-refractivity contribution in [3.8, 4) is 0 Å². The number of halogens is 2. The van der Waals surface area contributed by atoms with Crippen LogP contribution in [0.5, 0.6) is 0 Å². The van der Waals surface area contributed by atoms with Gasteiger partial charge in [-0.15, -0.1) is 0 Å². The first-order chi connectivity index (χ1) is 12.4. The smallest absolute Gasteiger partial charge is 0.326 e. The Morgan fingerprint density at radius 1 is 1.08 bits per heavy atom. The molecule has 1 aliphatic heterocycles. The molecule has 0 saturated heterocycles. The van der Waals surface area contributed by atoms with Crippen molar-refractivity contribution in [1.82, 2.24) is 9.47 Å². The second kappa shape index (κ2) is 8.51. The van der Waals surface area contributed by atoms with Gasteiger partial charge in [-0.05, 0) is 62.7 Å². The predicted octanol–water partition coefficient (Wildman–Crippen LogP) is 2.19. The summed E-state index contributed by atoms with van der Waals surface area (Å²) >= 11 is 3.87. The van der Waals surface area contributed by atoms with Gasteiger partial charge in [-0.25, -0.2) is 0 Å². The molecule has 6 nitrogen and oxygen atoms in total. The number of amides is 1. The number of carbonyl (C=O) groups excluding carboxylic acids is 2. The lowest BCUT2D eigenvalue weighted by Crippen LogP contribution is -2.38. The molecule has 0 saturated carbocycles. The molecule has 0 radical (unpaired) electrons. The Balaban J connectivity index is 1.53. The van der Waals surface area contributed by atoms with E-state index in [1.165, 1.54) is 5.56 Å². The van der Waals surface area contributed by atoms with E-state index in [0.717, 1.165) is 12.0 Å². The van der Waals surface area contributed by atoms with Gasteiger partial charge in [0, 0.05) is 25.5 Å². The van der Waals surface area contributed by atoms with Crippen LogP contribution >= 0.6 is 45.2 Å². The first-order valence-electron chi connectivity index (χ1n) is 7.99. The molecule has 0 atom stereocenters. The fraction of sp³-hybridized carbons (Fsp3) is 0.278. The number of carbonyl (C=O) groups is 2. The molecular weight excluding hydrogens is 562 g/mol. The third-order valence-electron chi connectivity index (χ3n) is 4.14. The van der Waals surface area contributed by atoms with E-state index in [0.29, 0.717) is 20.2 Å². The van der Waals surface area contributed by atoms with Gasteiger partial charge in [0.15, 0.2) is 6.61 Å². The van der Waals surface area contributed by atoms with Crippen LogP contribution < -0.4 is 5.43 Å². The lowest BCUT2D eigenvalue weighted by molar-refractivity contribution is -0.152. The Morgan fingerprint density at radius 3 is 2.42 bits per heavy atom. The number of esters is 1. The van der Waals surface area contributed by atoms with Gasteiger partial charge in [0.05, 0.1) is 7.14 Å². The minimum atomic E-state index is -0.508. The molecule has 136 valence electrons. The summed E-state index contributed by atoms with van der Waals surface area (Å²) in [4.78, 5) is 37.7. The topological polar surface area (TPSA) is 68.6 Å². The molecule has 0 spiro atoms. The summed E-state index contributed by atoms with van der Waals surface area (Å²) in [6.45, 7) is 0.865. The van der Waals surface area contributed by atoms with Crippen LogP contribution in [0.1, 0.15) is 11.1 Å². The summed E-state index contributed by atoms with van der Waals surface area (Å²) in [5, 5.41) is 0. The molecular formula is C18H16I2N2O4. The molecule has 1 aromatic carbocycles. The lowest BCUT2D eigenvalue weighted by atomic mass is 10.00. The monoisotopic (exact) mass is 578 g/mol. The summed E-state index contributed by atoms with van der Waals surface area (Å²) in [6.07, 6.45) is 4.00. The van der Waals surface area contributed by atoms with E-state index >= 15 is 0 Å². The van der Waals surface area contributed by atoms with E-state index in [1.807, 2.05) is 63.4 Å². The van der Waals surface area contributed by atoms with Gasteiger partial charge < -0.3 is 14.2 Å². The minimum Gasteiger partial charge on any atom is -0.454 e. The highest BCUT2D eigenvalue weighted by Crippen LogP contribution is 2.18. The molecule has 1 amide bonds. The second-order valence-corrected chi connectivity index (χ2v) is 8.27. The first-order valence-corrected chi connectivity index (χ1v) is 10.1. The zero-order valence-corrected chi connectivity index (χ0v) is 18.1. The molecule has 2 aromatic rings. The first kappa shape index (κ1) is 19.3. The normalized spacial score (nSPS) is 13.2. The Bertz CT molecular complexity index is 884. The molecule has 8 heteroatoms. The third-order valence-corrected chi connectivity index (χ3v) is 5.68. The van der Waals surface area contributed by atoms with Gasteiger partial charge in [0.1, 0.15) is 6.54 Å². The number of aromatic nitrogens is 1. The predicted molar refractivity (Wildman–Crippen MR) is 113 cm³/mol. The maximum Gasteiger partial charge on any atom is 0.326 e. The van der Waals surface area contributed by atoms with Crippen molar-refractivity contribution < 1.29 is 14.3 Å². The van der Waals surface area contributed by atoms with Crippen LogP contribution in [0.3, 0.4) is 0 Å². The number of rotatable bonds is 4. The molecule has 1 aromatic heterocycles. The van der Waals surface area contributed by atoms with Crippen molar-refractivity contribution in [2.45, 2.75) is 19.5 Å². The van der Waals surface area contributed by atoms with E-state index in [1.54, 1.807) is 21.9 Å². The van der Waals surface area contributed by atoms with Crippen molar-refractivity contribution in [3.63, 3.8) is 0 Å². The Kier molecular flexibility index (Phi) is 6.33. The van der Waals surface area contributed by atoms with Crippen molar-refractivity contribution in [3.05, 3.63) is 65.1 Å². The van der Waals surface area contributed by atoms with Crippen molar-refractivity contribution in [1.29, 1.82) is 0 Å². The molecule has 3 rings (SSSR count). The zero-order valence-electron chi connectivity index (χ0n) is 13.8. The van der Waals surface area contributed by atoms with Crippen molar-refractivity contribution in [2.24, 2.45) is 0 Å². The van der Waals surface area contributed by atoms with Gasteiger partial charge >= 0.3 is 5.97 Å². The van der Waals surface area contributed by atoms with E-state index in [-0.39, 0.29) is 24.5 Å². The van der Waals surface area contributed by atoms with Crippen LogP contribution in [0.4, 0.5) is 0 Å². The summed E-state index contributed by atoms with van der Waals surface area (Å²) in [5.41, 5.74) is 2.34. The number of hydrogen-bond donors (Lipinski definition) is 0. The Labute approximate surface area is 177 Å². The van der Waals surface area contributed by atoms with Crippen LogP contribution in [0, 0.1) is 7.14 Å². The van der Waals surface area contributed by atoms with Crippen molar-refractivity contribution >= 4 is 57.1 Å². The molecule has 0 fully saturated rings. The maximum absolute atomic E-state index is 12.3. The molecule has 0 unspecified atom stereocenters. The van der Waals surface area contributed by atoms with Gasteiger partial charge in [0.25, 0.3) is 5.91 Å². The Hall–Kier alpha value is -1.43. The highest BCUT2D eigenvalue weighted by molar-refractivity contribution is 14.1. The van der Waals surface area contributed by atoms with Crippen molar-refractivity contribution in [2.75, 3.05) is 13.2 Å². The maximum atomic E-state index is 12.3. The van der Waals surface area contributed by atoms with Gasteiger partial charge in [-0.1, -0.05) is 24.3 Å². The minimum absolute atomic E-state index is 0.0393. The van der Waals surface area contributed by atoms with Crippen LogP contribution in [0.25, 0.3) is 0 Å². The average molecular weight is 578 g/mol. The number of fused-ring (bicyclic) bond motifs is 1. The summed E-state index contributed by atoms with van der Waals surface area (Å²) in [6, 6.07) is 8.04. The molecule has 2 heterocycles. The zero-order chi connectivity index (χ0) is 18.7. The van der Waals surface area contributed by atoms with E-state index in [4.69, 9.17) is 4.74 Å². The quantitative estimate of drug-likeness (QED) is 0.413. The summed E-state index contributed by atoms with van der Waals surface area (Å²) in [7, 11) is 0. The molecule has 0 aliphatic carbocycles. The highest BCUT2D eigenvalue weighted by atomic mass is 127. The van der Waals surface area contributed by atoms with Gasteiger partial charge in [-0.2, -0.15) is 0 Å². The molecule has 26 heavy (non-hydrogen) atoms. The number of nitrogens with zero attached hydrogens (tertiary/aromatic N) is 2. The number of pyridine rings is 1. The lowest BCUT2D eigenvalue weighted by Gasteiger charge is -2.28. The van der Waals surface area contributed by atoms with Crippen LogP contribution in [-0.4, -0.2) is 34.5 Å². The van der Waals surface area contributed by atoms with Crippen LogP contribution in [0.2, 0.25) is 0 Å². The number of hydrogen-bond acceptors (Lipinski definition) is 4. The van der Waals surface area contributed by atoms with Gasteiger partial charge in [-0.3, -0.25) is 14.4 Å². The molecule has 0 bridgehead atoms. The SMILES string of the molecule is O=C(Cn1cc(I)c(=O)c(I)c1)OCC(=O)N1CCc2ccccc2C1. The molecule has 1 aliphatic rings. The third kappa shape index (κ3) is 4.64. The van der Waals surface area contributed by atoms with Gasteiger partial charge in [0.2, 0.25) is 5.43 Å². The van der Waals surface area contributed by atoms with E-state index in [9.17, 15) is 14.4 Å². The fourth-order valence-corrected chi connectivity index (χ4v) is 4.60. The number of ether oxygens (including phenoxy) is 1. The molecule has 0 N–H and O–H groups in total. The summed E-state index contributed by atoms with van der Waals surface area (Å²) in [5.74, 6) is -0.706. The standard InChI is InChI=1S/C18H16I2N2O4/c19-14-8-21(9-15(20)18(14)25)10-17(24)26-11-16(23)22-6-5-12-3-1-2-4-13(12)7-22/h1-4,8-9H,5-7,10-11H2. The largest absolute Gasteiger partial charge is 0.454 e. The summed E-state index contributed by atoms with van der Waals surface area (Å²) < 4.78 is 7.78. The second-order valence-electron chi connectivity index (χ2n) is 5.95. The highest BCUT2D eigenvalue weighted by Gasteiger charge is 2.21. The fourth-order valence-electron chi connectivity index (χ4n) is 2.79. The van der Waals surface area contributed by atoms with Crippen LogP contribution in [0.15, 0.2) is 41.5 Å². The Morgan fingerprint density at radius 2 is 1.73 bits per heavy atom. The van der Waals surface area contributed by atoms with E-state index < -0.39 is 5.97 Å². The average Bonchev–Trinajstić information content (AvgIpc) is 2.63. The van der Waals surface area contributed by atoms with E-state index in [2.05, 4.69) is 6.07 Å². The number of benzene rings is 1.